The van der Waals surface area contributed by atoms with Gasteiger partial charge in [-0.3, -0.25) is 4.79 Å². The van der Waals surface area contributed by atoms with Gasteiger partial charge in [0.15, 0.2) is 0 Å². The van der Waals surface area contributed by atoms with Gasteiger partial charge in [-0.25, -0.2) is 0 Å². The summed E-state index contributed by atoms with van der Waals surface area (Å²) in [4.78, 5) is 16.9. The van der Waals surface area contributed by atoms with Crippen molar-refractivity contribution >= 4 is 27.7 Å². The summed E-state index contributed by atoms with van der Waals surface area (Å²) in [6.45, 7) is 0. The number of H-pyrrole nitrogens is 1. The van der Waals surface area contributed by atoms with Crippen LogP contribution in [0.5, 0.6) is 17.2 Å². The second kappa shape index (κ2) is 7.82. The number of hydrogen-bond acceptors (Lipinski definition) is 4. The van der Waals surface area contributed by atoms with E-state index in [4.69, 9.17) is 14.2 Å². The van der Waals surface area contributed by atoms with Gasteiger partial charge in [0.25, 0.3) is 5.91 Å². The molecule has 2 heterocycles. The molecule has 2 N–H and O–H groups in total. The molecule has 1 aliphatic rings. The fourth-order valence-corrected chi connectivity index (χ4v) is 4.82. The maximum atomic E-state index is 13.3. The Hall–Kier alpha value is -3.61. The Balaban J connectivity index is 1.50. The number of amides is 1. The first-order valence-electron chi connectivity index (χ1n) is 10.7. The van der Waals surface area contributed by atoms with Crippen molar-refractivity contribution in [1.29, 1.82) is 0 Å². The van der Waals surface area contributed by atoms with Crippen LogP contribution in [0.2, 0.25) is 0 Å². The van der Waals surface area contributed by atoms with E-state index in [-0.39, 0.29) is 11.9 Å². The van der Waals surface area contributed by atoms with E-state index in [0.29, 0.717) is 17.2 Å². The molecule has 0 bridgehead atoms. The molecular weight excluding hydrogens is 406 g/mol. The zero-order chi connectivity index (χ0) is 22.4. The van der Waals surface area contributed by atoms with Crippen molar-refractivity contribution in [3.8, 4) is 17.2 Å². The third kappa shape index (κ3) is 3.16. The van der Waals surface area contributed by atoms with Crippen LogP contribution >= 0.6 is 0 Å². The van der Waals surface area contributed by atoms with Crippen LogP contribution in [-0.2, 0) is 13.5 Å². The number of methoxy groups -OCH3 is 3. The Morgan fingerprint density at radius 3 is 2.59 bits per heavy atom. The van der Waals surface area contributed by atoms with Crippen LogP contribution in [0.15, 0.2) is 36.4 Å². The summed E-state index contributed by atoms with van der Waals surface area (Å²) in [5.41, 5.74) is 4.88. The number of rotatable bonds is 5. The zero-order valence-electron chi connectivity index (χ0n) is 18.7. The lowest BCUT2D eigenvalue weighted by molar-refractivity contribution is 0.0924. The van der Waals surface area contributed by atoms with E-state index >= 15 is 0 Å². The fraction of sp³-hybridized carbons (Fsp3) is 0.320. The number of aromatic amines is 1. The molecule has 166 valence electrons. The van der Waals surface area contributed by atoms with E-state index in [0.717, 1.165) is 47.1 Å². The summed E-state index contributed by atoms with van der Waals surface area (Å²) in [5.74, 6) is 2.09. The lowest BCUT2D eigenvalue weighted by Crippen LogP contribution is -2.32. The molecular formula is C25H27N3O4. The molecule has 2 aromatic heterocycles. The number of aromatic nitrogens is 2. The Morgan fingerprint density at radius 2 is 1.84 bits per heavy atom. The highest BCUT2D eigenvalue weighted by Crippen LogP contribution is 2.37. The molecule has 7 heteroatoms. The number of ether oxygens (including phenoxy) is 3. The maximum Gasteiger partial charge on any atom is 0.268 e. The SMILES string of the molecule is COc1ccc2[nH]c3c(c2c1)CCC[C@@H]3NC(=O)c1cc2c(OC)cc(OC)cc2n1C. The molecule has 0 saturated heterocycles. The molecule has 1 amide bonds. The van der Waals surface area contributed by atoms with Gasteiger partial charge < -0.3 is 29.1 Å². The largest absolute Gasteiger partial charge is 0.497 e. The average molecular weight is 434 g/mol. The lowest BCUT2D eigenvalue weighted by atomic mass is 9.91. The highest BCUT2D eigenvalue weighted by Gasteiger charge is 2.27. The topological polar surface area (TPSA) is 77.5 Å². The van der Waals surface area contributed by atoms with E-state index in [1.165, 1.54) is 10.9 Å². The number of carbonyl (C=O) groups is 1. The minimum absolute atomic E-state index is 0.0703. The quantitative estimate of drug-likeness (QED) is 0.486. The Bertz CT molecular complexity index is 1330. The predicted molar refractivity (Wildman–Crippen MR) is 124 cm³/mol. The molecule has 4 aromatic rings. The van der Waals surface area contributed by atoms with Crippen LogP contribution in [-0.4, -0.2) is 36.8 Å². The van der Waals surface area contributed by atoms with Gasteiger partial charge in [-0.2, -0.15) is 0 Å². The molecule has 1 atom stereocenters. The van der Waals surface area contributed by atoms with Crippen LogP contribution < -0.4 is 19.5 Å². The molecule has 0 aliphatic heterocycles. The third-order valence-electron chi connectivity index (χ3n) is 6.51. The molecule has 0 radical (unpaired) electrons. The monoisotopic (exact) mass is 433 g/mol. The smallest absolute Gasteiger partial charge is 0.268 e. The molecule has 32 heavy (non-hydrogen) atoms. The van der Waals surface area contributed by atoms with Crippen molar-refractivity contribution in [2.45, 2.75) is 25.3 Å². The summed E-state index contributed by atoms with van der Waals surface area (Å²) >= 11 is 0. The van der Waals surface area contributed by atoms with Crippen molar-refractivity contribution in [2.75, 3.05) is 21.3 Å². The van der Waals surface area contributed by atoms with Crippen LogP contribution in [0.1, 0.15) is 40.6 Å². The summed E-state index contributed by atoms with van der Waals surface area (Å²) in [6.07, 6.45) is 2.89. The van der Waals surface area contributed by atoms with Gasteiger partial charge in [-0.1, -0.05) is 0 Å². The highest BCUT2D eigenvalue weighted by molar-refractivity contribution is 6.01. The Morgan fingerprint density at radius 1 is 1.03 bits per heavy atom. The van der Waals surface area contributed by atoms with E-state index in [2.05, 4.69) is 16.4 Å². The number of nitrogens with zero attached hydrogens (tertiary/aromatic N) is 1. The molecule has 0 spiro atoms. The van der Waals surface area contributed by atoms with Crippen molar-refractivity contribution in [2.24, 2.45) is 7.05 Å². The summed E-state index contributed by atoms with van der Waals surface area (Å²) < 4.78 is 18.2. The number of aryl methyl sites for hydroxylation is 2. The van der Waals surface area contributed by atoms with E-state index in [9.17, 15) is 4.79 Å². The maximum absolute atomic E-state index is 13.3. The van der Waals surface area contributed by atoms with E-state index in [1.54, 1.807) is 21.3 Å². The van der Waals surface area contributed by atoms with Gasteiger partial charge in [0.05, 0.1) is 32.9 Å². The number of fused-ring (bicyclic) bond motifs is 4. The molecule has 2 aromatic carbocycles. The van der Waals surface area contributed by atoms with Gasteiger partial charge in [0, 0.05) is 41.2 Å². The second-order valence-electron chi connectivity index (χ2n) is 8.20. The minimum atomic E-state index is -0.112. The standard InChI is InChI=1S/C25H27N3O4/c1-28-21-11-15(31-3)12-23(32-4)18(21)13-22(28)25(29)27-20-7-5-6-16-17-10-14(30-2)8-9-19(17)26-24(16)20/h8-13,20,26H,5-7H2,1-4H3,(H,27,29)/t20-/m0/s1. The third-order valence-corrected chi connectivity index (χ3v) is 6.51. The molecule has 0 saturated carbocycles. The van der Waals surface area contributed by atoms with Crippen molar-refractivity contribution < 1.29 is 19.0 Å². The predicted octanol–water partition coefficient (Wildman–Crippen LogP) is 4.49. The summed E-state index contributed by atoms with van der Waals surface area (Å²) in [7, 11) is 6.80. The van der Waals surface area contributed by atoms with Gasteiger partial charge in [0.2, 0.25) is 0 Å². The van der Waals surface area contributed by atoms with E-state index in [1.807, 2.05) is 41.9 Å². The van der Waals surface area contributed by atoms with Crippen LogP contribution in [0.4, 0.5) is 0 Å². The minimum Gasteiger partial charge on any atom is -0.497 e. The zero-order valence-corrected chi connectivity index (χ0v) is 18.7. The van der Waals surface area contributed by atoms with Gasteiger partial charge in [-0.15, -0.1) is 0 Å². The fourth-order valence-electron chi connectivity index (χ4n) is 4.82. The summed E-state index contributed by atoms with van der Waals surface area (Å²) in [6, 6.07) is 11.6. The van der Waals surface area contributed by atoms with Crippen LogP contribution in [0.25, 0.3) is 21.8 Å². The van der Waals surface area contributed by atoms with Crippen molar-refractivity contribution in [3.05, 3.63) is 53.3 Å². The van der Waals surface area contributed by atoms with Crippen molar-refractivity contribution in [3.63, 3.8) is 0 Å². The lowest BCUT2D eigenvalue weighted by Gasteiger charge is -2.24. The summed E-state index contributed by atoms with van der Waals surface area (Å²) in [5, 5.41) is 5.30. The number of carbonyl (C=O) groups excluding carboxylic acids is 1. The van der Waals surface area contributed by atoms with Gasteiger partial charge in [-0.05, 0) is 49.1 Å². The number of hydrogen-bond donors (Lipinski definition) is 2. The molecule has 7 nitrogen and oxygen atoms in total. The van der Waals surface area contributed by atoms with E-state index < -0.39 is 0 Å². The first-order valence-corrected chi connectivity index (χ1v) is 10.7. The first kappa shape index (κ1) is 20.3. The number of nitrogens with one attached hydrogen (secondary N) is 2. The normalized spacial score (nSPS) is 15.6. The second-order valence-corrected chi connectivity index (χ2v) is 8.20. The van der Waals surface area contributed by atoms with Gasteiger partial charge >= 0.3 is 0 Å². The Kier molecular flexibility index (Phi) is 4.96. The number of benzene rings is 2. The molecule has 0 unspecified atom stereocenters. The highest BCUT2D eigenvalue weighted by atomic mass is 16.5. The average Bonchev–Trinajstić information content (AvgIpc) is 3.36. The van der Waals surface area contributed by atoms with Crippen LogP contribution in [0.3, 0.4) is 0 Å². The van der Waals surface area contributed by atoms with Gasteiger partial charge in [0.1, 0.15) is 22.9 Å². The molecule has 5 rings (SSSR count). The molecule has 0 fully saturated rings. The Labute approximate surface area is 186 Å². The molecule has 1 aliphatic carbocycles. The van der Waals surface area contributed by atoms with Crippen LogP contribution in [0, 0.1) is 0 Å². The van der Waals surface area contributed by atoms with Crippen molar-refractivity contribution in [1.82, 2.24) is 14.9 Å². The first-order chi connectivity index (χ1) is 15.5.